The zero-order valence-electron chi connectivity index (χ0n) is 7.66. The van der Waals surface area contributed by atoms with Gasteiger partial charge < -0.3 is 14.6 Å². The summed E-state index contributed by atoms with van der Waals surface area (Å²) in [5.41, 5.74) is 0.215. The Morgan fingerprint density at radius 3 is 3.15 bits per heavy atom. The van der Waals surface area contributed by atoms with Crippen LogP contribution < -0.4 is 5.32 Å². The molecule has 0 radical (unpaired) electrons. The van der Waals surface area contributed by atoms with E-state index in [0.717, 1.165) is 0 Å². The zero-order valence-corrected chi connectivity index (χ0v) is 7.66. The first-order valence-corrected chi connectivity index (χ1v) is 4.05. The van der Waals surface area contributed by atoms with Gasteiger partial charge in [-0.05, 0) is 14.0 Å². The second-order valence-corrected chi connectivity index (χ2v) is 2.43. The van der Waals surface area contributed by atoms with E-state index in [1.165, 1.54) is 0 Å². The first-order chi connectivity index (χ1) is 6.27. The standard InChI is InChI=1S/C8H12N2O3/c1-3-12-8(11)7-4-6(5-9-2)13-10-7/h4,9H,3,5H2,1-2H3. The Balaban J connectivity index is 2.62. The molecule has 0 aliphatic heterocycles. The Morgan fingerprint density at radius 2 is 2.54 bits per heavy atom. The Morgan fingerprint density at radius 1 is 1.77 bits per heavy atom. The van der Waals surface area contributed by atoms with E-state index in [1.54, 1.807) is 20.0 Å². The highest BCUT2D eigenvalue weighted by Crippen LogP contribution is 2.04. The van der Waals surface area contributed by atoms with Gasteiger partial charge in [-0.1, -0.05) is 5.16 Å². The summed E-state index contributed by atoms with van der Waals surface area (Å²) in [6.07, 6.45) is 0. The first kappa shape index (κ1) is 9.73. The van der Waals surface area contributed by atoms with Crippen LogP contribution in [0.1, 0.15) is 23.2 Å². The lowest BCUT2D eigenvalue weighted by atomic mass is 10.3. The third-order valence-corrected chi connectivity index (χ3v) is 1.39. The van der Waals surface area contributed by atoms with Gasteiger partial charge in [0.25, 0.3) is 0 Å². The van der Waals surface area contributed by atoms with Gasteiger partial charge in [0, 0.05) is 6.07 Å². The number of aromatic nitrogens is 1. The van der Waals surface area contributed by atoms with Gasteiger partial charge in [-0.15, -0.1) is 0 Å². The predicted octanol–water partition coefficient (Wildman–Crippen LogP) is 0.571. The summed E-state index contributed by atoms with van der Waals surface area (Å²) < 4.78 is 9.60. The van der Waals surface area contributed by atoms with Gasteiger partial charge in [-0.3, -0.25) is 0 Å². The summed E-state index contributed by atoms with van der Waals surface area (Å²) >= 11 is 0. The van der Waals surface area contributed by atoms with E-state index in [-0.39, 0.29) is 5.69 Å². The lowest BCUT2D eigenvalue weighted by Gasteiger charge is -1.94. The highest BCUT2D eigenvalue weighted by atomic mass is 16.5. The van der Waals surface area contributed by atoms with E-state index in [1.807, 2.05) is 0 Å². The van der Waals surface area contributed by atoms with Gasteiger partial charge in [-0.25, -0.2) is 4.79 Å². The van der Waals surface area contributed by atoms with Gasteiger partial charge in [0.05, 0.1) is 13.2 Å². The molecular weight excluding hydrogens is 172 g/mol. The molecule has 72 valence electrons. The van der Waals surface area contributed by atoms with Crippen molar-refractivity contribution in [3.63, 3.8) is 0 Å². The number of carbonyl (C=O) groups excluding carboxylic acids is 1. The Hall–Kier alpha value is -1.36. The molecule has 0 aromatic carbocycles. The van der Waals surface area contributed by atoms with E-state index >= 15 is 0 Å². The van der Waals surface area contributed by atoms with Crippen LogP contribution in [-0.2, 0) is 11.3 Å². The molecule has 5 heteroatoms. The van der Waals surface area contributed by atoms with Crippen molar-refractivity contribution in [2.75, 3.05) is 13.7 Å². The van der Waals surface area contributed by atoms with Gasteiger partial charge in [0.2, 0.25) is 0 Å². The summed E-state index contributed by atoms with van der Waals surface area (Å²) in [6.45, 7) is 2.63. The molecule has 0 aliphatic rings. The fourth-order valence-electron chi connectivity index (χ4n) is 0.872. The molecule has 1 aromatic rings. The van der Waals surface area contributed by atoms with Crippen LogP contribution in [0.25, 0.3) is 0 Å². The first-order valence-electron chi connectivity index (χ1n) is 4.05. The van der Waals surface area contributed by atoms with Crippen LogP contribution in [0.3, 0.4) is 0 Å². The topological polar surface area (TPSA) is 64.4 Å². The van der Waals surface area contributed by atoms with Crippen molar-refractivity contribution < 1.29 is 14.1 Å². The largest absolute Gasteiger partial charge is 0.461 e. The molecule has 0 unspecified atom stereocenters. The molecule has 0 spiro atoms. The van der Waals surface area contributed by atoms with Crippen LogP contribution in [-0.4, -0.2) is 24.8 Å². The number of hydrogen-bond donors (Lipinski definition) is 1. The van der Waals surface area contributed by atoms with E-state index < -0.39 is 5.97 Å². The molecule has 0 amide bonds. The Kier molecular flexibility index (Phi) is 3.45. The summed E-state index contributed by atoms with van der Waals surface area (Å²) in [5.74, 6) is 0.166. The van der Waals surface area contributed by atoms with Crippen molar-refractivity contribution in [2.45, 2.75) is 13.5 Å². The lowest BCUT2D eigenvalue weighted by molar-refractivity contribution is 0.0514. The normalized spacial score (nSPS) is 10.0. The molecule has 0 bridgehead atoms. The average Bonchev–Trinajstić information content (AvgIpc) is 2.54. The molecule has 0 atom stereocenters. The number of hydrogen-bond acceptors (Lipinski definition) is 5. The van der Waals surface area contributed by atoms with Crippen LogP contribution in [0.2, 0.25) is 0 Å². The Labute approximate surface area is 76.0 Å². The van der Waals surface area contributed by atoms with Gasteiger partial charge in [0.1, 0.15) is 0 Å². The lowest BCUT2D eigenvalue weighted by Crippen LogP contribution is -2.05. The molecule has 1 heterocycles. The monoisotopic (exact) mass is 184 g/mol. The molecule has 1 rings (SSSR count). The predicted molar refractivity (Wildman–Crippen MR) is 45.2 cm³/mol. The molecule has 0 saturated carbocycles. The van der Waals surface area contributed by atoms with Crippen molar-refractivity contribution >= 4 is 5.97 Å². The summed E-state index contributed by atoms with van der Waals surface area (Å²) in [7, 11) is 1.78. The van der Waals surface area contributed by atoms with Crippen LogP contribution >= 0.6 is 0 Å². The van der Waals surface area contributed by atoms with Gasteiger partial charge in [-0.2, -0.15) is 0 Å². The minimum atomic E-state index is -0.450. The third kappa shape index (κ3) is 2.55. The van der Waals surface area contributed by atoms with Gasteiger partial charge in [0.15, 0.2) is 11.5 Å². The molecule has 5 nitrogen and oxygen atoms in total. The number of ether oxygens (including phenoxy) is 1. The summed E-state index contributed by atoms with van der Waals surface area (Å²) in [6, 6.07) is 1.56. The quantitative estimate of drug-likeness (QED) is 0.693. The second-order valence-electron chi connectivity index (χ2n) is 2.43. The number of rotatable bonds is 4. The minimum Gasteiger partial charge on any atom is -0.461 e. The maximum Gasteiger partial charge on any atom is 0.360 e. The van der Waals surface area contributed by atoms with Crippen LogP contribution in [0.15, 0.2) is 10.6 Å². The van der Waals surface area contributed by atoms with Crippen molar-refractivity contribution in [3.05, 3.63) is 17.5 Å². The number of nitrogens with zero attached hydrogens (tertiary/aromatic N) is 1. The smallest absolute Gasteiger partial charge is 0.360 e. The molecule has 1 N–H and O–H groups in total. The highest BCUT2D eigenvalue weighted by Gasteiger charge is 2.12. The molecule has 0 saturated heterocycles. The average molecular weight is 184 g/mol. The summed E-state index contributed by atoms with van der Waals surface area (Å²) in [5, 5.41) is 6.45. The summed E-state index contributed by atoms with van der Waals surface area (Å²) in [4.78, 5) is 11.1. The van der Waals surface area contributed by atoms with Crippen molar-refractivity contribution in [1.29, 1.82) is 0 Å². The van der Waals surface area contributed by atoms with E-state index in [4.69, 9.17) is 9.26 Å². The molecule has 1 aromatic heterocycles. The fourth-order valence-corrected chi connectivity index (χ4v) is 0.872. The van der Waals surface area contributed by atoms with E-state index in [9.17, 15) is 4.79 Å². The van der Waals surface area contributed by atoms with Gasteiger partial charge >= 0.3 is 5.97 Å². The minimum absolute atomic E-state index is 0.215. The highest BCUT2D eigenvalue weighted by molar-refractivity contribution is 5.87. The fraction of sp³-hybridized carbons (Fsp3) is 0.500. The number of esters is 1. The number of nitrogens with one attached hydrogen (secondary N) is 1. The Bertz CT molecular complexity index is 283. The van der Waals surface area contributed by atoms with Crippen molar-refractivity contribution in [1.82, 2.24) is 10.5 Å². The molecular formula is C8H12N2O3. The maximum atomic E-state index is 11.1. The molecule has 0 fully saturated rings. The van der Waals surface area contributed by atoms with E-state index in [2.05, 4.69) is 10.5 Å². The van der Waals surface area contributed by atoms with Crippen LogP contribution in [0.4, 0.5) is 0 Å². The zero-order chi connectivity index (χ0) is 9.68. The molecule has 0 aliphatic carbocycles. The van der Waals surface area contributed by atoms with Crippen molar-refractivity contribution in [3.8, 4) is 0 Å². The number of carbonyl (C=O) groups is 1. The van der Waals surface area contributed by atoms with Crippen LogP contribution in [0.5, 0.6) is 0 Å². The molecule has 13 heavy (non-hydrogen) atoms. The second kappa shape index (κ2) is 4.61. The third-order valence-electron chi connectivity index (χ3n) is 1.39. The van der Waals surface area contributed by atoms with Crippen LogP contribution in [0, 0.1) is 0 Å². The SMILES string of the molecule is CCOC(=O)c1cc(CNC)on1. The van der Waals surface area contributed by atoms with Crippen molar-refractivity contribution in [2.24, 2.45) is 0 Å². The van der Waals surface area contributed by atoms with E-state index in [0.29, 0.717) is 18.9 Å². The maximum absolute atomic E-state index is 11.1.